The van der Waals surface area contributed by atoms with Gasteiger partial charge in [0.15, 0.2) is 0 Å². The number of hydrogen-bond donors (Lipinski definition) is 2. The number of imidazole rings is 1. The van der Waals surface area contributed by atoms with E-state index in [-0.39, 0.29) is 11.4 Å². The number of benzene rings is 3. The Bertz CT molecular complexity index is 1360. The number of nitrogens with one attached hydrogen (secondary N) is 1. The Morgan fingerprint density at radius 1 is 0.931 bits per heavy atom. The molecule has 2 aromatic heterocycles. The number of nitro groups is 1. The highest BCUT2D eigenvalue weighted by Crippen LogP contribution is 2.34. The maximum absolute atomic E-state index is 10.9. The molecular formula is C22H14N4O3. The largest absolute Gasteiger partial charge is 0.507 e. The maximum atomic E-state index is 10.9. The molecule has 0 saturated heterocycles. The monoisotopic (exact) mass is 382 g/mol. The highest BCUT2D eigenvalue weighted by molar-refractivity contribution is 5.91. The van der Waals surface area contributed by atoms with Gasteiger partial charge in [0.05, 0.1) is 27.0 Å². The van der Waals surface area contributed by atoms with Crippen LogP contribution in [-0.2, 0) is 0 Å². The van der Waals surface area contributed by atoms with Crippen LogP contribution in [0.15, 0.2) is 72.9 Å². The molecule has 0 spiro atoms. The molecule has 0 aliphatic rings. The number of para-hydroxylation sites is 2. The van der Waals surface area contributed by atoms with Crippen molar-refractivity contribution in [1.29, 1.82) is 0 Å². The van der Waals surface area contributed by atoms with E-state index in [1.807, 2.05) is 36.4 Å². The summed E-state index contributed by atoms with van der Waals surface area (Å²) in [4.78, 5) is 22.6. The highest BCUT2D eigenvalue weighted by atomic mass is 16.6. The summed E-state index contributed by atoms with van der Waals surface area (Å²) >= 11 is 0. The first-order valence-electron chi connectivity index (χ1n) is 8.91. The van der Waals surface area contributed by atoms with Crippen LogP contribution in [0, 0.1) is 10.1 Å². The predicted octanol–water partition coefficient (Wildman–Crippen LogP) is 5.06. The van der Waals surface area contributed by atoms with E-state index in [0.717, 1.165) is 27.5 Å². The lowest BCUT2D eigenvalue weighted by Crippen LogP contribution is -1.89. The van der Waals surface area contributed by atoms with Crippen molar-refractivity contribution in [1.82, 2.24) is 15.0 Å². The second-order valence-electron chi connectivity index (χ2n) is 6.69. The first-order valence-corrected chi connectivity index (χ1v) is 8.91. The zero-order valence-corrected chi connectivity index (χ0v) is 15.0. The van der Waals surface area contributed by atoms with Crippen molar-refractivity contribution in [2.45, 2.75) is 0 Å². The Kier molecular flexibility index (Phi) is 3.74. The standard InChI is InChI=1S/C22H14N4O3/c27-21-11-20-14(10-17(21)22-24-18-3-1-2-4-19(18)25-22)9-15(12-23-20)13-5-7-16(8-6-13)26(28)29/h1-12,27H,(H,24,25). The minimum Gasteiger partial charge on any atom is -0.507 e. The topological polar surface area (TPSA) is 105 Å². The second kappa shape index (κ2) is 6.42. The van der Waals surface area contributed by atoms with Crippen molar-refractivity contribution < 1.29 is 10.0 Å². The van der Waals surface area contributed by atoms with E-state index in [1.165, 1.54) is 12.1 Å². The van der Waals surface area contributed by atoms with E-state index in [2.05, 4.69) is 15.0 Å². The van der Waals surface area contributed by atoms with Crippen molar-refractivity contribution in [2.75, 3.05) is 0 Å². The summed E-state index contributed by atoms with van der Waals surface area (Å²) < 4.78 is 0. The predicted molar refractivity (Wildman–Crippen MR) is 111 cm³/mol. The molecular weight excluding hydrogens is 368 g/mol. The van der Waals surface area contributed by atoms with Gasteiger partial charge in [-0.15, -0.1) is 0 Å². The lowest BCUT2D eigenvalue weighted by atomic mass is 10.0. The molecule has 0 fully saturated rings. The number of aromatic hydroxyl groups is 1. The number of H-pyrrole nitrogens is 1. The minimum atomic E-state index is -0.426. The fourth-order valence-electron chi connectivity index (χ4n) is 3.37. The summed E-state index contributed by atoms with van der Waals surface area (Å²) in [6.07, 6.45) is 1.68. The normalized spacial score (nSPS) is 11.2. The van der Waals surface area contributed by atoms with Gasteiger partial charge in [-0.2, -0.15) is 0 Å². The molecule has 0 aliphatic carbocycles. The van der Waals surface area contributed by atoms with Crippen LogP contribution < -0.4 is 0 Å². The van der Waals surface area contributed by atoms with Crippen LogP contribution in [-0.4, -0.2) is 25.0 Å². The number of fused-ring (bicyclic) bond motifs is 2. The van der Waals surface area contributed by atoms with Gasteiger partial charge in [-0.3, -0.25) is 15.1 Å². The molecule has 29 heavy (non-hydrogen) atoms. The van der Waals surface area contributed by atoms with Crippen LogP contribution in [0.25, 0.3) is 44.5 Å². The van der Waals surface area contributed by atoms with E-state index in [9.17, 15) is 15.2 Å². The number of nitro benzene ring substituents is 1. The SMILES string of the molecule is O=[N+]([O-])c1ccc(-c2cnc3cc(O)c(-c4nc5ccccc5[nH]4)cc3c2)cc1. The average molecular weight is 382 g/mol. The Balaban J connectivity index is 1.61. The summed E-state index contributed by atoms with van der Waals surface area (Å²) in [6.45, 7) is 0. The molecule has 0 aliphatic heterocycles. The summed E-state index contributed by atoms with van der Waals surface area (Å²) in [5.41, 5.74) is 4.63. The molecule has 0 amide bonds. The smallest absolute Gasteiger partial charge is 0.269 e. The van der Waals surface area contributed by atoms with Crippen molar-refractivity contribution in [3.05, 3.63) is 83.0 Å². The highest BCUT2D eigenvalue weighted by Gasteiger charge is 2.13. The van der Waals surface area contributed by atoms with Gasteiger partial charge in [-0.1, -0.05) is 12.1 Å². The van der Waals surface area contributed by atoms with Crippen LogP contribution in [0.5, 0.6) is 5.75 Å². The van der Waals surface area contributed by atoms with Crippen LogP contribution >= 0.6 is 0 Å². The summed E-state index contributed by atoms with van der Waals surface area (Å²) in [5, 5.41) is 22.2. The molecule has 0 atom stereocenters. The van der Waals surface area contributed by atoms with Crippen LogP contribution in [0.4, 0.5) is 5.69 Å². The van der Waals surface area contributed by atoms with Gasteiger partial charge in [0.2, 0.25) is 0 Å². The summed E-state index contributed by atoms with van der Waals surface area (Å²) in [5.74, 6) is 0.665. The number of phenols is 1. The summed E-state index contributed by atoms with van der Waals surface area (Å²) in [6, 6.07) is 19.4. The fourth-order valence-corrected chi connectivity index (χ4v) is 3.37. The van der Waals surface area contributed by atoms with Crippen LogP contribution in [0.2, 0.25) is 0 Å². The molecule has 5 rings (SSSR count). The number of hydrogen-bond acceptors (Lipinski definition) is 5. The van der Waals surface area contributed by atoms with Gasteiger partial charge in [0.25, 0.3) is 5.69 Å². The third-order valence-corrected chi connectivity index (χ3v) is 4.85. The van der Waals surface area contributed by atoms with Gasteiger partial charge in [-0.05, 0) is 42.0 Å². The van der Waals surface area contributed by atoms with E-state index in [0.29, 0.717) is 16.9 Å². The lowest BCUT2D eigenvalue weighted by Gasteiger charge is -2.07. The van der Waals surface area contributed by atoms with Gasteiger partial charge in [0, 0.05) is 35.3 Å². The van der Waals surface area contributed by atoms with Crippen LogP contribution in [0.3, 0.4) is 0 Å². The van der Waals surface area contributed by atoms with E-state index in [4.69, 9.17) is 0 Å². The molecule has 5 aromatic rings. The van der Waals surface area contributed by atoms with Crippen molar-refractivity contribution in [3.63, 3.8) is 0 Å². The van der Waals surface area contributed by atoms with Gasteiger partial charge < -0.3 is 10.1 Å². The first-order chi connectivity index (χ1) is 14.1. The lowest BCUT2D eigenvalue weighted by molar-refractivity contribution is -0.384. The number of phenolic OH excluding ortho intramolecular Hbond substituents is 1. The number of aromatic amines is 1. The molecule has 7 nitrogen and oxygen atoms in total. The molecule has 3 aromatic carbocycles. The number of pyridine rings is 1. The van der Waals surface area contributed by atoms with Crippen molar-refractivity contribution in [3.8, 4) is 28.3 Å². The zero-order valence-electron chi connectivity index (χ0n) is 15.0. The Labute approximate surface area is 164 Å². The molecule has 0 unspecified atom stereocenters. The minimum absolute atomic E-state index is 0.0413. The maximum Gasteiger partial charge on any atom is 0.269 e. The second-order valence-corrected chi connectivity index (χ2v) is 6.69. The first kappa shape index (κ1) is 16.9. The van der Waals surface area contributed by atoms with Crippen LogP contribution in [0.1, 0.15) is 0 Å². The zero-order chi connectivity index (χ0) is 20.0. The third kappa shape index (κ3) is 2.94. The molecule has 0 bridgehead atoms. The molecule has 2 heterocycles. The molecule has 0 saturated carbocycles. The van der Waals surface area contributed by atoms with Crippen molar-refractivity contribution in [2.24, 2.45) is 0 Å². The number of aromatic nitrogens is 3. The fraction of sp³-hybridized carbons (Fsp3) is 0. The molecule has 140 valence electrons. The molecule has 7 heteroatoms. The molecule has 0 radical (unpaired) electrons. The number of rotatable bonds is 3. The number of non-ortho nitro benzene ring substituents is 1. The Morgan fingerprint density at radius 2 is 1.72 bits per heavy atom. The Hall–Kier alpha value is -4.26. The van der Waals surface area contributed by atoms with Crippen molar-refractivity contribution >= 4 is 27.6 Å². The quantitative estimate of drug-likeness (QED) is 0.335. The molecule has 2 N–H and O–H groups in total. The van der Waals surface area contributed by atoms with E-state index < -0.39 is 4.92 Å². The summed E-state index contributed by atoms with van der Waals surface area (Å²) in [7, 11) is 0. The van der Waals surface area contributed by atoms with Gasteiger partial charge >= 0.3 is 0 Å². The number of nitrogens with zero attached hydrogens (tertiary/aromatic N) is 3. The average Bonchev–Trinajstić information content (AvgIpc) is 3.17. The third-order valence-electron chi connectivity index (χ3n) is 4.85. The van der Waals surface area contributed by atoms with Gasteiger partial charge in [0.1, 0.15) is 11.6 Å². The van der Waals surface area contributed by atoms with E-state index in [1.54, 1.807) is 24.4 Å². The van der Waals surface area contributed by atoms with E-state index >= 15 is 0 Å². The Morgan fingerprint density at radius 3 is 2.48 bits per heavy atom. The van der Waals surface area contributed by atoms with Gasteiger partial charge in [-0.25, -0.2) is 4.98 Å².